The van der Waals surface area contributed by atoms with Crippen LogP contribution in [-0.2, 0) is 24.3 Å². The van der Waals surface area contributed by atoms with E-state index >= 15 is 0 Å². The van der Waals surface area contributed by atoms with Crippen LogP contribution in [0.4, 0.5) is 5.69 Å². The molecule has 0 aliphatic carbocycles. The molecule has 0 saturated carbocycles. The topological polar surface area (TPSA) is 63.1 Å². The third kappa shape index (κ3) is 5.06. The van der Waals surface area contributed by atoms with Gasteiger partial charge in [-0.1, -0.05) is 60.7 Å². The minimum absolute atomic E-state index is 0.0241. The molecule has 1 heterocycles. The third-order valence-corrected chi connectivity index (χ3v) is 5.51. The Morgan fingerprint density at radius 3 is 2.22 bits per heavy atom. The predicted molar refractivity (Wildman–Crippen MR) is 129 cm³/mol. The molecule has 0 spiro atoms. The normalized spacial score (nSPS) is 10.8. The molecule has 0 fully saturated rings. The maximum Gasteiger partial charge on any atom is 0.268 e. The molecule has 0 saturated heterocycles. The van der Waals surface area contributed by atoms with Crippen molar-refractivity contribution in [2.75, 3.05) is 5.32 Å². The van der Waals surface area contributed by atoms with Gasteiger partial charge in [-0.15, -0.1) is 0 Å². The smallest absolute Gasteiger partial charge is 0.268 e. The van der Waals surface area contributed by atoms with Gasteiger partial charge in [-0.25, -0.2) is 0 Å². The summed E-state index contributed by atoms with van der Waals surface area (Å²) < 4.78 is 2.00. The molecule has 0 aliphatic rings. The minimum Gasteiger partial charge on any atom is -0.347 e. The van der Waals surface area contributed by atoms with Crippen molar-refractivity contribution in [3.63, 3.8) is 0 Å². The zero-order valence-electron chi connectivity index (χ0n) is 18.2. The number of amides is 2. The van der Waals surface area contributed by atoms with Crippen LogP contribution in [0.1, 0.15) is 35.0 Å². The summed E-state index contributed by atoms with van der Waals surface area (Å²) in [7, 11) is 0. The van der Waals surface area contributed by atoms with Gasteiger partial charge in [-0.3, -0.25) is 9.59 Å². The number of carbonyl (C=O) groups is 2. The van der Waals surface area contributed by atoms with Crippen LogP contribution >= 0.6 is 0 Å². The van der Waals surface area contributed by atoms with Crippen LogP contribution in [0, 0.1) is 0 Å². The van der Waals surface area contributed by atoms with E-state index in [0.29, 0.717) is 31.6 Å². The van der Waals surface area contributed by atoms with Crippen LogP contribution in [0.2, 0.25) is 0 Å². The zero-order valence-corrected chi connectivity index (χ0v) is 18.2. The molecular formula is C27H27N3O2. The largest absolute Gasteiger partial charge is 0.347 e. The number of hydrogen-bond donors (Lipinski definition) is 2. The fraction of sp³-hybridized carbons (Fsp3) is 0.185. The lowest BCUT2D eigenvalue weighted by Gasteiger charge is -2.09. The van der Waals surface area contributed by atoms with Gasteiger partial charge < -0.3 is 15.2 Å². The average molecular weight is 426 g/mol. The van der Waals surface area contributed by atoms with Gasteiger partial charge >= 0.3 is 0 Å². The summed E-state index contributed by atoms with van der Waals surface area (Å²) in [6.45, 7) is 3.18. The number of aryl methyl sites for hydroxylation is 2. The van der Waals surface area contributed by atoms with Crippen molar-refractivity contribution in [3.8, 4) is 0 Å². The second kappa shape index (κ2) is 9.96. The van der Waals surface area contributed by atoms with Crippen molar-refractivity contribution in [3.05, 3.63) is 102 Å². The molecule has 32 heavy (non-hydrogen) atoms. The van der Waals surface area contributed by atoms with Crippen LogP contribution in [-0.4, -0.2) is 16.4 Å². The third-order valence-electron chi connectivity index (χ3n) is 5.51. The highest BCUT2D eigenvalue weighted by Gasteiger charge is 2.15. The summed E-state index contributed by atoms with van der Waals surface area (Å²) in [6, 6.07) is 27.5. The fourth-order valence-electron chi connectivity index (χ4n) is 3.87. The fourth-order valence-corrected chi connectivity index (χ4v) is 3.87. The Morgan fingerprint density at radius 1 is 0.844 bits per heavy atom. The van der Waals surface area contributed by atoms with Crippen molar-refractivity contribution >= 4 is 28.4 Å². The number of benzene rings is 3. The van der Waals surface area contributed by atoms with E-state index < -0.39 is 0 Å². The zero-order chi connectivity index (χ0) is 22.3. The summed E-state index contributed by atoms with van der Waals surface area (Å²) in [5.41, 5.74) is 4.52. The average Bonchev–Trinajstić information content (AvgIpc) is 3.20. The number of nitrogens with one attached hydrogen (secondary N) is 2. The van der Waals surface area contributed by atoms with Crippen LogP contribution in [0.3, 0.4) is 0 Å². The van der Waals surface area contributed by atoms with Crippen LogP contribution < -0.4 is 10.6 Å². The highest BCUT2D eigenvalue weighted by Crippen LogP contribution is 2.24. The Kier molecular flexibility index (Phi) is 6.66. The van der Waals surface area contributed by atoms with E-state index in [1.807, 2.05) is 96.4 Å². The minimum atomic E-state index is -0.111. The second-order valence-corrected chi connectivity index (χ2v) is 7.75. The van der Waals surface area contributed by atoms with Crippen LogP contribution in [0.25, 0.3) is 10.9 Å². The van der Waals surface area contributed by atoms with E-state index in [1.165, 1.54) is 0 Å². The predicted octanol–water partition coefficient (Wildman–Crippen LogP) is 5.16. The van der Waals surface area contributed by atoms with Gasteiger partial charge in [-0.2, -0.15) is 0 Å². The van der Waals surface area contributed by atoms with E-state index in [0.717, 1.165) is 27.7 Å². The molecular weight excluding hydrogens is 398 g/mol. The molecule has 2 amide bonds. The molecule has 4 aromatic rings. The highest BCUT2D eigenvalue weighted by molar-refractivity contribution is 6.00. The summed E-state index contributed by atoms with van der Waals surface area (Å²) in [5.74, 6) is -0.135. The number of hydrogen-bond acceptors (Lipinski definition) is 2. The lowest BCUT2D eigenvalue weighted by molar-refractivity contribution is -0.116. The molecule has 162 valence electrons. The molecule has 0 radical (unpaired) electrons. The van der Waals surface area contributed by atoms with Gasteiger partial charge in [0.05, 0.1) is 0 Å². The van der Waals surface area contributed by atoms with E-state index in [2.05, 4.69) is 10.6 Å². The Labute approximate surface area is 188 Å². The first kappa shape index (κ1) is 21.4. The molecule has 4 rings (SSSR count). The van der Waals surface area contributed by atoms with Crippen molar-refractivity contribution in [2.45, 2.75) is 32.9 Å². The second-order valence-electron chi connectivity index (χ2n) is 7.75. The Balaban J connectivity index is 1.45. The lowest BCUT2D eigenvalue weighted by atomic mass is 10.1. The molecule has 1 aromatic heterocycles. The van der Waals surface area contributed by atoms with Crippen molar-refractivity contribution in [1.82, 2.24) is 9.88 Å². The number of aromatic nitrogens is 1. The summed E-state index contributed by atoms with van der Waals surface area (Å²) in [6.07, 6.45) is 1.12. The maximum atomic E-state index is 12.8. The van der Waals surface area contributed by atoms with Crippen molar-refractivity contribution < 1.29 is 9.59 Å². The molecule has 0 bridgehead atoms. The first-order valence-electron chi connectivity index (χ1n) is 10.9. The highest BCUT2D eigenvalue weighted by atomic mass is 16.2. The number of fused-ring (bicyclic) bond motifs is 1. The molecule has 0 unspecified atom stereocenters. The van der Waals surface area contributed by atoms with Crippen molar-refractivity contribution in [2.24, 2.45) is 0 Å². The van der Waals surface area contributed by atoms with Crippen molar-refractivity contribution in [1.29, 1.82) is 0 Å². The van der Waals surface area contributed by atoms with E-state index in [9.17, 15) is 9.59 Å². The summed E-state index contributed by atoms with van der Waals surface area (Å²) >= 11 is 0. The number of carbonyl (C=O) groups excluding carboxylic acids is 2. The molecule has 5 nitrogen and oxygen atoms in total. The summed E-state index contributed by atoms with van der Waals surface area (Å²) in [4.78, 5) is 25.2. The standard InChI is InChI=1S/C27H27N3O2/c1-2-30-24-15-14-23(29-26(31)16-13-20-9-5-3-6-10-20)17-22(24)18-25(30)27(32)28-19-21-11-7-4-8-12-21/h3-12,14-15,17-18H,2,13,16,19H2,1H3,(H,28,32)(H,29,31). The monoisotopic (exact) mass is 425 g/mol. The molecule has 0 aliphatic heterocycles. The van der Waals surface area contributed by atoms with Gasteiger partial charge in [-0.05, 0) is 48.7 Å². The van der Waals surface area contributed by atoms with Gasteiger partial charge in [0.1, 0.15) is 5.69 Å². The molecule has 5 heteroatoms. The maximum absolute atomic E-state index is 12.8. The van der Waals surface area contributed by atoms with Gasteiger partial charge in [0.2, 0.25) is 5.91 Å². The molecule has 0 atom stereocenters. The first-order chi connectivity index (χ1) is 15.6. The van der Waals surface area contributed by atoms with Crippen LogP contribution in [0.5, 0.6) is 0 Å². The lowest BCUT2D eigenvalue weighted by Crippen LogP contribution is -2.25. The Hall–Kier alpha value is -3.86. The summed E-state index contributed by atoms with van der Waals surface area (Å²) in [5, 5.41) is 6.91. The quantitative estimate of drug-likeness (QED) is 0.409. The van der Waals surface area contributed by atoms with E-state index in [-0.39, 0.29) is 11.8 Å². The SMILES string of the molecule is CCn1c(C(=O)NCc2ccccc2)cc2cc(NC(=O)CCc3ccccc3)ccc21. The molecule has 2 N–H and O–H groups in total. The molecule has 3 aromatic carbocycles. The van der Waals surface area contributed by atoms with Crippen LogP contribution in [0.15, 0.2) is 84.9 Å². The van der Waals surface area contributed by atoms with E-state index in [4.69, 9.17) is 0 Å². The van der Waals surface area contributed by atoms with Gasteiger partial charge in [0, 0.05) is 36.1 Å². The Morgan fingerprint density at radius 2 is 1.53 bits per heavy atom. The Bertz CT molecular complexity index is 1210. The van der Waals surface area contributed by atoms with E-state index in [1.54, 1.807) is 0 Å². The number of nitrogens with zero attached hydrogens (tertiary/aromatic N) is 1. The first-order valence-corrected chi connectivity index (χ1v) is 10.9. The number of anilines is 1. The van der Waals surface area contributed by atoms with Gasteiger partial charge in [0.15, 0.2) is 0 Å². The number of rotatable bonds is 8. The van der Waals surface area contributed by atoms with Gasteiger partial charge in [0.25, 0.3) is 5.91 Å².